The van der Waals surface area contributed by atoms with E-state index in [1.165, 1.54) is 23.2 Å². The molecule has 0 saturated heterocycles. The Bertz CT molecular complexity index is 1000. The number of likely N-dealkylation sites (N-methyl/N-ethyl adjacent to an activating group) is 1. The summed E-state index contributed by atoms with van der Waals surface area (Å²) < 4.78 is 18.1. The third kappa shape index (κ3) is 5.02. The van der Waals surface area contributed by atoms with Gasteiger partial charge in [-0.25, -0.2) is 4.39 Å². The number of ether oxygens (including phenoxy) is 1. The highest BCUT2D eigenvalue weighted by atomic mass is 19.1. The highest BCUT2D eigenvalue weighted by Crippen LogP contribution is 2.24. The van der Waals surface area contributed by atoms with Crippen molar-refractivity contribution in [2.45, 2.75) is 13.5 Å². The number of rotatable bonds is 8. The normalized spacial score (nSPS) is 10.5. The molecular formula is C22H23FN4O3. The Morgan fingerprint density at radius 1 is 1.13 bits per heavy atom. The van der Waals surface area contributed by atoms with Crippen molar-refractivity contribution in [1.82, 2.24) is 20.4 Å². The van der Waals surface area contributed by atoms with E-state index in [-0.39, 0.29) is 30.7 Å². The van der Waals surface area contributed by atoms with Crippen LogP contribution in [0.2, 0.25) is 0 Å². The highest BCUT2D eigenvalue weighted by Gasteiger charge is 2.22. The van der Waals surface area contributed by atoms with Crippen LogP contribution < -0.4 is 10.1 Å². The lowest BCUT2D eigenvalue weighted by Gasteiger charge is -2.20. The first-order chi connectivity index (χ1) is 14.5. The van der Waals surface area contributed by atoms with E-state index in [0.29, 0.717) is 23.6 Å². The average molecular weight is 410 g/mol. The maximum absolute atomic E-state index is 13.0. The molecule has 1 heterocycles. The quantitative estimate of drug-likeness (QED) is 0.598. The van der Waals surface area contributed by atoms with E-state index in [0.717, 1.165) is 11.1 Å². The summed E-state index contributed by atoms with van der Waals surface area (Å²) in [6.07, 6.45) is 1.46. The number of methoxy groups -OCH3 is 1. The zero-order valence-corrected chi connectivity index (χ0v) is 16.8. The number of halogens is 1. The summed E-state index contributed by atoms with van der Waals surface area (Å²) in [7, 11) is 1.58. The number of hydrogen-bond acceptors (Lipinski definition) is 4. The van der Waals surface area contributed by atoms with E-state index in [9.17, 15) is 14.0 Å². The van der Waals surface area contributed by atoms with Crippen molar-refractivity contribution in [2.75, 3.05) is 20.2 Å². The first-order valence-corrected chi connectivity index (χ1v) is 9.50. The molecular weight excluding hydrogens is 387 g/mol. The molecule has 2 amide bonds. The topological polar surface area (TPSA) is 87.3 Å². The second-order valence-electron chi connectivity index (χ2n) is 6.61. The Kier molecular flexibility index (Phi) is 6.79. The number of carbonyl (C=O) groups is 2. The zero-order chi connectivity index (χ0) is 21.5. The van der Waals surface area contributed by atoms with Crippen LogP contribution in [-0.2, 0) is 11.3 Å². The fourth-order valence-corrected chi connectivity index (χ4v) is 2.96. The lowest BCUT2D eigenvalue weighted by molar-refractivity contribution is -0.121. The second kappa shape index (κ2) is 9.69. The molecule has 0 fully saturated rings. The van der Waals surface area contributed by atoms with Gasteiger partial charge in [-0.2, -0.15) is 5.10 Å². The van der Waals surface area contributed by atoms with Crippen LogP contribution in [0.1, 0.15) is 22.8 Å². The predicted molar refractivity (Wildman–Crippen MR) is 110 cm³/mol. The van der Waals surface area contributed by atoms with Gasteiger partial charge < -0.3 is 15.0 Å². The van der Waals surface area contributed by atoms with Crippen molar-refractivity contribution in [2.24, 2.45) is 0 Å². The standard InChI is InChI=1S/C22H23FN4O3/c1-3-27(14-20(28)24-12-15-4-8-17(23)9-5-15)22(29)19-13-25-26-21(19)16-6-10-18(30-2)11-7-16/h4-11,13H,3,12,14H2,1-2H3,(H,24,28)(H,25,26). The third-order valence-corrected chi connectivity index (χ3v) is 4.65. The minimum atomic E-state index is -0.333. The van der Waals surface area contributed by atoms with Crippen molar-refractivity contribution >= 4 is 11.8 Å². The molecule has 1 aromatic heterocycles. The van der Waals surface area contributed by atoms with Crippen LogP contribution in [-0.4, -0.2) is 47.1 Å². The molecule has 156 valence electrons. The molecule has 3 rings (SSSR count). The third-order valence-electron chi connectivity index (χ3n) is 4.65. The smallest absolute Gasteiger partial charge is 0.258 e. The SMILES string of the molecule is CCN(CC(=O)NCc1ccc(F)cc1)C(=O)c1cn[nH]c1-c1ccc(OC)cc1. The van der Waals surface area contributed by atoms with Gasteiger partial charge in [0.05, 0.1) is 31.1 Å². The Morgan fingerprint density at radius 2 is 1.83 bits per heavy atom. The molecule has 0 bridgehead atoms. The summed E-state index contributed by atoms with van der Waals surface area (Å²) in [5.74, 6) is -0.224. The van der Waals surface area contributed by atoms with Gasteiger partial charge in [0.2, 0.25) is 5.91 Å². The minimum absolute atomic E-state index is 0.0935. The number of nitrogens with one attached hydrogen (secondary N) is 2. The van der Waals surface area contributed by atoms with Gasteiger partial charge in [0.1, 0.15) is 11.6 Å². The van der Waals surface area contributed by atoms with Crippen molar-refractivity contribution < 1.29 is 18.7 Å². The van der Waals surface area contributed by atoms with Crippen LogP contribution in [0.25, 0.3) is 11.3 Å². The van der Waals surface area contributed by atoms with Crippen LogP contribution in [0.3, 0.4) is 0 Å². The minimum Gasteiger partial charge on any atom is -0.497 e. The Labute approximate surface area is 173 Å². The fourth-order valence-electron chi connectivity index (χ4n) is 2.96. The van der Waals surface area contributed by atoms with Crippen molar-refractivity contribution in [3.05, 3.63) is 71.7 Å². The maximum Gasteiger partial charge on any atom is 0.258 e. The molecule has 30 heavy (non-hydrogen) atoms. The second-order valence-corrected chi connectivity index (χ2v) is 6.61. The first-order valence-electron chi connectivity index (χ1n) is 9.50. The summed E-state index contributed by atoms with van der Waals surface area (Å²) in [6.45, 7) is 2.33. The van der Waals surface area contributed by atoms with Crippen molar-refractivity contribution in [3.8, 4) is 17.0 Å². The fraction of sp³-hybridized carbons (Fsp3) is 0.227. The Hall–Kier alpha value is -3.68. The molecule has 0 aliphatic carbocycles. The molecule has 8 heteroatoms. The summed E-state index contributed by atoms with van der Waals surface area (Å²) in [4.78, 5) is 26.8. The van der Waals surface area contributed by atoms with E-state index >= 15 is 0 Å². The number of aromatic nitrogens is 2. The van der Waals surface area contributed by atoms with E-state index < -0.39 is 0 Å². The number of amides is 2. The number of aromatic amines is 1. The van der Waals surface area contributed by atoms with Crippen LogP contribution in [0.4, 0.5) is 4.39 Å². The molecule has 2 N–H and O–H groups in total. The Morgan fingerprint density at radius 3 is 2.47 bits per heavy atom. The molecule has 0 aliphatic rings. The van der Waals surface area contributed by atoms with Gasteiger partial charge in [0.15, 0.2) is 0 Å². The van der Waals surface area contributed by atoms with Gasteiger partial charge >= 0.3 is 0 Å². The van der Waals surface area contributed by atoms with Crippen LogP contribution in [0.5, 0.6) is 5.75 Å². The summed E-state index contributed by atoms with van der Waals surface area (Å²) in [6, 6.07) is 13.1. The van der Waals surface area contributed by atoms with Gasteiger partial charge in [0, 0.05) is 18.7 Å². The van der Waals surface area contributed by atoms with E-state index in [4.69, 9.17) is 4.74 Å². The van der Waals surface area contributed by atoms with Crippen molar-refractivity contribution in [3.63, 3.8) is 0 Å². The average Bonchev–Trinajstić information content (AvgIpc) is 3.26. The molecule has 3 aromatic rings. The van der Waals surface area contributed by atoms with Gasteiger partial charge in [-0.05, 0) is 48.9 Å². The molecule has 0 atom stereocenters. The summed E-state index contributed by atoms with van der Waals surface area (Å²) >= 11 is 0. The zero-order valence-electron chi connectivity index (χ0n) is 16.8. The van der Waals surface area contributed by atoms with Gasteiger partial charge in [0.25, 0.3) is 5.91 Å². The number of benzene rings is 2. The number of carbonyl (C=O) groups excluding carboxylic acids is 2. The van der Waals surface area contributed by atoms with Gasteiger partial charge in [-0.3, -0.25) is 14.7 Å². The van der Waals surface area contributed by atoms with E-state index in [1.54, 1.807) is 38.3 Å². The molecule has 2 aromatic carbocycles. The highest BCUT2D eigenvalue weighted by molar-refractivity contribution is 6.01. The summed E-state index contributed by atoms with van der Waals surface area (Å²) in [5.41, 5.74) is 2.52. The maximum atomic E-state index is 13.0. The largest absolute Gasteiger partial charge is 0.497 e. The number of nitrogens with zero attached hydrogens (tertiary/aromatic N) is 2. The lowest BCUT2D eigenvalue weighted by Crippen LogP contribution is -2.40. The summed E-state index contributed by atoms with van der Waals surface area (Å²) in [5, 5.41) is 9.61. The van der Waals surface area contributed by atoms with E-state index in [2.05, 4.69) is 15.5 Å². The van der Waals surface area contributed by atoms with Crippen LogP contribution >= 0.6 is 0 Å². The molecule has 7 nitrogen and oxygen atoms in total. The van der Waals surface area contributed by atoms with E-state index in [1.807, 2.05) is 12.1 Å². The molecule has 0 spiro atoms. The Balaban J connectivity index is 1.66. The molecule has 0 radical (unpaired) electrons. The monoisotopic (exact) mass is 410 g/mol. The number of hydrogen-bond donors (Lipinski definition) is 2. The number of H-pyrrole nitrogens is 1. The van der Waals surface area contributed by atoms with Gasteiger partial charge in [-0.15, -0.1) is 0 Å². The molecule has 0 aliphatic heterocycles. The molecule has 0 unspecified atom stereocenters. The predicted octanol–water partition coefficient (Wildman–Crippen LogP) is 3.00. The van der Waals surface area contributed by atoms with Crippen molar-refractivity contribution in [1.29, 1.82) is 0 Å². The van der Waals surface area contributed by atoms with Crippen LogP contribution in [0.15, 0.2) is 54.7 Å². The van der Waals surface area contributed by atoms with Gasteiger partial charge in [-0.1, -0.05) is 12.1 Å². The lowest BCUT2D eigenvalue weighted by atomic mass is 10.1. The van der Waals surface area contributed by atoms with Crippen LogP contribution in [0, 0.1) is 5.82 Å². The first kappa shape index (κ1) is 21.0. The molecule has 0 saturated carbocycles.